The van der Waals surface area contributed by atoms with Gasteiger partial charge in [-0.2, -0.15) is 0 Å². The van der Waals surface area contributed by atoms with Gasteiger partial charge in [-0.3, -0.25) is 24.0 Å². The van der Waals surface area contributed by atoms with Gasteiger partial charge < -0.3 is 15.4 Å². The Bertz CT molecular complexity index is 1860. The molecule has 232 valence electrons. The maximum absolute atomic E-state index is 13.6. The highest BCUT2D eigenvalue weighted by Gasteiger charge is 2.40. The van der Waals surface area contributed by atoms with Gasteiger partial charge in [0, 0.05) is 38.2 Å². The second-order valence-electron chi connectivity index (χ2n) is 10.2. The number of amides is 4. The number of rotatable bonds is 10. The lowest BCUT2D eigenvalue weighted by molar-refractivity contribution is -0.121. The zero-order valence-electron chi connectivity index (χ0n) is 24.8. The van der Waals surface area contributed by atoms with Crippen molar-refractivity contribution in [2.45, 2.75) is 23.5 Å². The first-order chi connectivity index (χ1) is 22.1. The fourth-order valence-corrected chi connectivity index (χ4v) is 6.23. The number of Topliss-reactive ketones (excluding diaryl/α,β-unsaturated/α-hetero) is 1. The van der Waals surface area contributed by atoms with Crippen LogP contribution in [0.4, 0.5) is 11.4 Å². The number of ketones is 1. The van der Waals surface area contributed by atoms with Crippen LogP contribution in [0.3, 0.4) is 0 Å². The number of halogens is 1. The Morgan fingerprint density at radius 1 is 0.913 bits per heavy atom. The van der Waals surface area contributed by atoms with Crippen LogP contribution >= 0.6 is 27.7 Å². The van der Waals surface area contributed by atoms with E-state index in [4.69, 9.17) is 4.74 Å². The van der Waals surface area contributed by atoms with Crippen molar-refractivity contribution in [3.63, 3.8) is 0 Å². The molecule has 1 aliphatic heterocycles. The van der Waals surface area contributed by atoms with Crippen molar-refractivity contribution in [2.75, 3.05) is 17.3 Å². The van der Waals surface area contributed by atoms with E-state index in [1.54, 1.807) is 97.1 Å². The van der Waals surface area contributed by atoms with Gasteiger partial charge in [0.1, 0.15) is 11.4 Å². The molecule has 46 heavy (non-hydrogen) atoms. The summed E-state index contributed by atoms with van der Waals surface area (Å²) in [6.45, 7) is 1.45. The number of nitrogens with zero attached hydrogens (tertiary/aromatic N) is 1. The zero-order chi connectivity index (χ0) is 32.8. The molecule has 0 radical (unpaired) electrons. The normalized spacial score (nSPS) is 14.6. The molecule has 1 aliphatic rings. The SMILES string of the molecule is COc1ccc(Br)cc1/C=C(\NC(=O)c1ccccc1)C(=O)Nc1cccc(S[C@@H]2CC(=O)N(c3ccc(C(C)=O)cc3)C2=O)c1. The monoisotopic (exact) mass is 697 g/mol. The van der Waals surface area contributed by atoms with Crippen LogP contribution in [0.2, 0.25) is 0 Å². The molecule has 1 atom stereocenters. The van der Waals surface area contributed by atoms with E-state index in [2.05, 4.69) is 26.6 Å². The minimum atomic E-state index is -0.671. The summed E-state index contributed by atoms with van der Waals surface area (Å²) in [4.78, 5) is 66.1. The molecular formula is C35H28BrN3O6S. The van der Waals surface area contributed by atoms with Crippen LogP contribution in [-0.4, -0.2) is 41.8 Å². The summed E-state index contributed by atoms with van der Waals surface area (Å²) >= 11 is 4.65. The van der Waals surface area contributed by atoms with Gasteiger partial charge in [-0.05, 0) is 85.8 Å². The van der Waals surface area contributed by atoms with E-state index in [0.29, 0.717) is 38.7 Å². The number of hydrogen-bond acceptors (Lipinski definition) is 7. The zero-order valence-corrected chi connectivity index (χ0v) is 27.2. The number of carbonyl (C=O) groups is 5. The first kappa shape index (κ1) is 32.4. The lowest BCUT2D eigenvalue weighted by Crippen LogP contribution is -2.31. The fourth-order valence-electron chi connectivity index (χ4n) is 4.74. The number of ether oxygens (including phenoxy) is 1. The average molecular weight is 699 g/mol. The second kappa shape index (κ2) is 14.4. The van der Waals surface area contributed by atoms with Gasteiger partial charge in [-0.15, -0.1) is 11.8 Å². The third-order valence-corrected chi connectivity index (χ3v) is 8.70. The van der Waals surface area contributed by atoms with Crippen molar-refractivity contribution in [3.05, 3.63) is 124 Å². The van der Waals surface area contributed by atoms with Crippen LogP contribution in [0.5, 0.6) is 5.75 Å². The molecular weight excluding hydrogens is 670 g/mol. The van der Waals surface area contributed by atoms with Crippen LogP contribution in [0.25, 0.3) is 6.08 Å². The number of hydrogen-bond donors (Lipinski definition) is 2. The van der Waals surface area contributed by atoms with Crippen LogP contribution < -0.4 is 20.3 Å². The Kier molecular flexibility index (Phi) is 10.1. The lowest BCUT2D eigenvalue weighted by Gasteiger charge is -2.15. The van der Waals surface area contributed by atoms with Crippen molar-refractivity contribution in [2.24, 2.45) is 0 Å². The smallest absolute Gasteiger partial charge is 0.272 e. The number of nitrogens with one attached hydrogen (secondary N) is 2. The predicted octanol–water partition coefficient (Wildman–Crippen LogP) is 6.49. The summed E-state index contributed by atoms with van der Waals surface area (Å²) in [6, 6.07) is 27.0. The second-order valence-corrected chi connectivity index (χ2v) is 12.4. The molecule has 5 rings (SSSR count). The molecule has 0 spiro atoms. The van der Waals surface area contributed by atoms with Gasteiger partial charge in [0.2, 0.25) is 11.8 Å². The molecule has 1 fully saturated rings. The molecule has 0 unspecified atom stereocenters. The molecule has 2 N–H and O–H groups in total. The largest absolute Gasteiger partial charge is 0.496 e. The minimum Gasteiger partial charge on any atom is -0.496 e. The fraction of sp³-hybridized carbons (Fsp3) is 0.114. The van der Waals surface area contributed by atoms with Crippen molar-refractivity contribution < 1.29 is 28.7 Å². The molecule has 4 aromatic carbocycles. The van der Waals surface area contributed by atoms with Crippen molar-refractivity contribution in [1.29, 1.82) is 0 Å². The van der Waals surface area contributed by atoms with Gasteiger partial charge in [-0.25, -0.2) is 4.90 Å². The third-order valence-electron chi connectivity index (χ3n) is 7.03. The molecule has 0 aromatic heterocycles. The molecule has 4 amide bonds. The van der Waals surface area contributed by atoms with Gasteiger partial charge in [0.25, 0.3) is 11.8 Å². The van der Waals surface area contributed by atoms with E-state index < -0.39 is 17.1 Å². The number of benzene rings is 4. The van der Waals surface area contributed by atoms with Crippen LogP contribution in [0, 0.1) is 0 Å². The number of thioether (sulfide) groups is 1. The summed E-state index contributed by atoms with van der Waals surface area (Å²) in [5.74, 6) is -1.36. The first-order valence-electron chi connectivity index (χ1n) is 14.1. The summed E-state index contributed by atoms with van der Waals surface area (Å²) < 4.78 is 6.21. The van der Waals surface area contributed by atoms with Gasteiger partial charge >= 0.3 is 0 Å². The van der Waals surface area contributed by atoms with E-state index >= 15 is 0 Å². The topological polar surface area (TPSA) is 122 Å². The molecule has 1 saturated heterocycles. The first-order valence-corrected chi connectivity index (χ1v) is 15.8. The number of carbonyl (C=O) groups excluding carboxylic acids is 5. The highest BCUT2D eigenvalue weighted by atomic mass is 79.9. The van der Waals surface area contributed by atoms with E-state index in [1.807, 2.05) is 0 Å². The Morgan fingerprint density at radius 2 is 1.65 bits per heavy atom. The Hall–Kier alpha value is -5.00. The highest BCUT2D eigenvalue weighted by Crippen LogP contribution is 2.35. The van der Waals surface area contributed by atoms with Gasteiger partial charge in [0.15, 0.2) is 5.78 Å². The third kappa shape index (κ3) is 7.61. The van der Waals surface area contributed by atoms with Crippen molar-refractivity contribution in [3.8, 4) is 5.75 Å². The quantitative estimate of drug-likeness (QED) is 0.110. The molecule has 0 aliphatic carbocycles. The molecule has 1 heterocycles. The molecule has 4 aromatic rings. The van der Waals surface area contributed by atoms with Crippen molar-refractivity contribution >= 4 is 74.6 Å². The number of imide groups is 1. The van der Waals surface area contributed by atoms with E-state index in [9.17, 15) is 24.0 Å². The van der Waals surface area contributed by atoms with E-state index in [1.165, 1.54) is 31.9 Å². The summed E-state index contributed by atoms with van der Waals surface area (Å²) in [7, 11) is 1.51. The number of methoxy groups -OCH3 is 1. The Balaban J connectivity index is 1.35. The standard InChI is InChI=1S/C35H28BrN3O6S/c1-21(40)22-11-14-27(15-12-22)39-32(41)20-31(35(39)44)46-28-10-6-9-26(19-28)37-34(43)29(38-33(42)23-7-4-3-5-8-23)18-24-17-25(36)13-16-30(24)45-2/h3-19,31H,20H2,1-2H3,(H,37,43)(H,38,42)/b29-18-/t31-/m1/s1. The minimum absolute atomic E-state index is 0.00141. The van der Waals surface area contributed by atoms with Crippen LogP contribution in [-0.2, 0) is 14.4 Å². The number of anilines is 2. The molecule has 11 heteroatoms. The molecule has 9 nitrogen and oxygen atoms in total. The van der Waals surface area contributed by atoms with Crippen molar-refractivity contribution in [1.82, 2.24) is 5.32 Å². The maximum atomic E-state index is 13.6. The Labute approximate surface area is 278 Å². The molecule has 0 bridgehead atoms. The Morgan fingerprint density at radius 3 is 2.35 bits per heavy atom. The van der Waals surface area contributed by atoms with E-state index in [-0.39, 0.29) is 29.7 Å². The molecule has 0 saturated carbocycles. The van der Waals surface area contributed by atoms with Crippen LogP contribution in [0.15, 0.2) is 112 Å². The highest BCUT2D eigenvalue weighted by molar-refractivity contribution is 9.10. The average Bonchev–Trinajstić information content (AvgIpc) is 3.32. The van der Waals surface area contributed by atoms with E-state index in [0.717, 1.165) is 9.37 Å². The van der Waals surface area contributed by atoms with Crippen LogP contribution in [0.1, 0.15) is 39.6 Å². The van der Waals surface area contributed by atoms with Gasteiger partial charge in [-0.1, -0.05) is 40.2 Å². The summed E-state index contributed by atoms with van der Waals surface area (Å²) in [6.07, 6.45) is 1.53. The summed E-state index contributed by atoms with van der Waals surface area (Å²) in [5.41, 5.74) is 2.23. The lowest BCUT2D eigenvalue weighted by atomic mass is 10.1. The van der Waals surface area contributed by atoms with Gasteiger partial charge in [0.05, 0.1) is 18.0 Å². The maximum Gasteiger partial charge on any atom is 0.272 e. The predicted molar refractivity (Wildman–Crippen MR) is 181 cm³/mol. The summed E-state index contributed by atoms with van der Waals surface area (Å²) in [5, 5.41) is 4.87.